The largest absolute Gasteiger partial charge is 0.573 e. The number of ether oxygens (including phenoxy) is 1. The fourth-order valence-electron chi connectivity index (χ4n) is 11.6. The molecule has 5 amide bonds. The van der Waals surface area contributed by atoms with E-state index in [1.165, 1.54) is 35.8 Å². The number of unbranched alkanes of at least 4 members (excludes halogenated alkanes) is 11. The number of carbonyl (C=O) groups is 5. The van der Waals surface area contributed by atoms with Crippen LogP contribution in [0.25, 0.3) is 32.6 Å². The van der Waals surface area contributed by atoms with Gasteiger partial charge in [-0.05, 0) is 97.0 Å². The molecule has 0 bridgehead atoms. The summed E-state index contributed by atoms with van der Waals surface area (Å²) < 4.78 is 44.4. The van der Waals surface area contributed by atoms with Crippen molar-refractivity contribution in [2.75, 3.05) is 30.3 Å². The molecule has 3 aromatic carbocycles. The van der Waals surface area contributed by atoms with E-state index in [9.17, 15) is 42.3 Å². The highest BCUT2D eigenvalue weighted by atomic mass is 32.1. The number of fused-ring (bicyclic) bond motifs is 2. The maximum Gasteiger partial charge on any atom is 0.573 e. The van der Waals surface area contributed by atoms with Gasteiger partial charge >= 0.3 is 6.36 Å². The van der Waals surface area contributed by atoms with Crippen molar-refractivity contribution in [3.8, 4) is 27.3 Å². The molecule has 6 N–H and O–H groups in total. The third-order valence-corrected chi connectivity index (χ3v) is 17.3. The zero-order valence-corrected chi connectivity index (χ0v) is 51.0. The Bertz CT molecular complexity index is 3290. The molecule has 3 aromatic heterocycles. The van der Waals surface area contributed by atoms with Gasteiger partial charge in [0.25, 0.3) is 0 Å². The smallest absolute Gasteiger partial charge is 0.406 e. The first-order valence-corrected chi connectivity index (χ1v) is 31.2. The van der Waals surface area contributed by atoms with Gasteiger partial charge in [0.1, 0.15) is 35.6 Å². The Labute approximate surface area is 506 Å². The summed E-state index contributed by atoms with van der Waals surface area (Å²) in [6.45, 7) is 11.1. The molecule has 2 aliphatic heterocycles. The first-order valence-electron chi connectivity index (χ1n) is 30.4. The third-order valence-electron chi connectivity index (χ3n) is 16.3. The summed E-state index contributed by atoms with van der Waals surface area (Å²) in [5, 5.41) is 20.5. The summed E-state index contributed by atoms with van der Waals surface area (Å²) in [7, 11) is 0. The van der Waals surface area contributed by atoms with Crippen LogP contribution in [0.15, 0.2) is 84.8 Å². The van der Waals surface area contributed by atoms with Crippen molar-refractivity contribution < 1.29 is 47.0 Å². The van der Waals surface area contributed by atoms with Crippen LogP contribution in [-0.2, 0) is 43.4 Å². The molecular weight excluding hydrogens is 1120 g/mol. The zero-order chi connectivity index (χ0) is 61.5. The normalized spacial score (nSPS) is 15.8. The monoisotopic (exact) mass is 1200 g/mol. The number of thiazole rings is 1. The Balaban J connectivity index is 0.660. The first kappa shape index (κ1) is 64.6. The number of hydrogen-bond acceptors (Lipinski definition) is 12. The van der Waals surface area contributed by atoms with Crippen molar-refractivity contribution >= 4 is 63.4 Å². The van der Waals surface area contributed by atoms with Gasteiger partial charge in [0.2, 0.25) is 29.5 Å². The van der Waals surface area contributed by atoms with Gasteiger partial charge in [-0.3, -0.25) is 24.0 Å². The average Bonchev–Trinajstić information content (AvgIpc) is 1.73. The maximum absolute atomic E-state index is 14.1. The highest BCUT2D eigenvalue weighted by molar-refractivity contribution is 7.13. The summed E-state index contributed by atoms with van der Waals surface area (Å²) >= 11 is 1.58. The van der Waals surface area contributed by atoms with Crippen LogP contribution in [0.3, 0.4) is 0 Å². The minimum absolute atomic E-state index is 0.0214. The van der Waals surface area contributed by atoms with E-state index >= 15 is 0 Å². The minimum Gasteiger partial charge on any atom is -0.406 e. The lowest BCUT2D eigenvalue weighted by molar-refractivity contribution is -0.274. The number of anilines is 2. The Morgan fingerprint density at radius 1 is 0.814 bits per heavy atom. The lowest BCUT2D eigenvalue weighted by Gasteiger charge is -2.35. The number of aliphatic hydroxyl groups excluding tert-OH is 1. The number of halogens is 3. The molecule has 17 nitrogen and oxygen atoms in total. The molecule has 0 aliphatic carbocycles. The summed E-state index contributed by atoms with van der Waals surface area (Å²) in [5.74, 6) is -1.13. The van der Waals surface area contributed by atoms with Crippen LogP contribution in [0, 0.1) is 12.3 Å². The van der Waals surface area contributed by atoms with E-state index in [4.69, 9.17) is 5.73 Å². The van der Waals surface area contributed by atoms with Crippen LogP contribution >= 0.6 is 11.3 Å². The van der Waals surface area contributed by atoms with E-state index in [0.29, 0.717) is 67.7 Å². The summed E-state index contributed by atoms with van der Waals surface area (Å²) in [6.07, 6.45) is 12.4. The number of hydrogen-bond donors (Lipinski definition) is 5. The molecule has 4 atom stereocenters. The van der Waals surface area contributed by atoms with Gasteiger partial charge in [-0.2, -0.15) is 0 Å². The zero-order valence-electron chi connectivity index (χ0n) is 50.1. The van der Waals surface area contributed by atoms with Gasteiger partial charge in [0.15, 0.2) is 0 Å². The number of likely N-dealkylation sites (tertiary alicyclic amines) is 1. The lowest BCUT2D eigenvalue weighted by Crippen LogP contribution is -2.57. The predicted octanol–water partition coefficient (Wildman–Crippen LogP) is 11.5. The van der Waals surface area contributed by atoms with Crippen LogP contribution in [0.5, 0.6) is 5.75 Å². The fraction of sp³-hybridized carbons (Fsp3) is 0.508. The minimum atomic E-state index is -4.83. The molecule has 1 fully saturated rings. The number of aromatic nitrogens is 4. The van der Waals surface area contributed by atoms with Crippen LogP contribution in [0.4, 0.5) is 24.7 Å². The summed E-state index contributed by atoms with van der Waals surface area (Å²) in [4.78, 5) is 84.5. The molecule has 6 aromatic rings. The Kier molecular flexibility index (Phi) is 22.4. The number of amides is 5. The van der Waals surface area contributed by atoms with Crippen molar-refractivity contribution in [2.45, 2.75) is 187 Å². The second kappa shape index (κ2) is 29.8. The molecule has 0 spiro atoms. The van der Waals surface area contributed by atoms with Crippen LogP contribution < -0.4 is 31.3 Å². The molecule has 0 saturated carbocycles. The second-order valence-electron chi connectivity index (χ2n) is 24.0. The highest BCUT2D eigenvalue weighted by Gasteiger charge is 2.45. The Morgan fingerprint density at radius 2 is 1.48 bits per heavy atom. The third kappa shape index (κ3) is 17.6. The number of benzene rings is 3. The molecule has 86 heavy (non-hydrogen) atoms. The van der Waals surface area contributed by atoms with E-state index in [1.807, 2.05) is 93.4 Å². The van der Waals surface area contributed by atoms with Crippen molar-refractivity contribution in [1.29, 1.82) is 0 Å². The van der Waals surface area contributed by atoms with Crippen LogP contribution in [0.2, 0.25) is 0 Å². The van der Waals surface area contributed by atoms with Gasteiger partial charge in [0, 0.05) is 62.9 Å². The van der Waals surface area contributed by atoms with Gasteiger partial charge in [-0.25, -0.2) is 15.0 Å². The number of nitrogens with one attached hydrogen (secondary N) is 3. The average molecular weight is 1210 g/mol. The second-order valence-corrected chi connectivity index (χ2v) is 24.9. The molecule has 21 heteroatoms. The van der Waals surface area contributed by atoms with Crippen LogP contribution in [-0.4, -0.2) is 103 Å². The molecule has 8 rings (SSSR count). The Hall–Kier alpha value is -7.39. The number of carbonyl (C=O) groups excluding carboxylic acids is 5. The van der Waals surface area contributed by atoms with E-state index in [0.717, 1.165) is 115 Å². The molecular formula is C65H83F3N10O7S. The molecule has 1 saturated heterocycles. The number of β-amino-alcohol motifs (C(OH)–C–C–N with tert-alkyl or cyclic N) is 1. The Morgan fingerprint density at radius 3 is 2.13 bits per heavy atom. The van der Waals surface area contributed by atoms with Crippen molar-refractivity contribution in [3.05, 3.63) is 107 Å². The van der Waals surface area contributed by atoms with Gasteiger partial charge < -0.3 is 45.9 Å². The van der Waals surface area contributed by atoms with Gasteiger partial charge in [-0.15, -0.1) is 24.5 Å². The number of nitrogens with zero attached hydrogens (tertiary/aromatic N) is 6. The topological polar surface area (TPSA) is 227 Å². The summed E-state index contributed by atoms with van der Waals surface area (Å²) in [6, 6.07) is 17.2. The standard InChI is InChI=1S/C65H83F3N10O7S/c1-42(45-24-26-46(27-25-45)58-43(2)73-41-86-58)74-62(83)53-37-49(79)38-78(53)63(84)59(64(3,4)5)75-55(81)23-17-15-13-11-9-7-6-8-10-12-14-16-22-54(80)70-31-19-32-76-39-51(57-60(69)71-40-72-61(57)76)47-28-29-52-48(36-47)30-33-77(52)56(82)35-44-20-18-21-50(34-44)85-65(66,67)68/h18,20-21,24-29,34,36,39-42,49,53,59,79H,6-17,19,22-23,30-33,35,37-38H2,1-5H3,(H,70,80)(H,74,83)(H,75,81)(H2,69,71,72)/t42-,49+,53-,59+/m0/s1. The number of aryl methyl sites for hydroxylation is 2. The van der Waals surface area contributed by atoms with Gasteiger partial charge in [0.05, 0.1) is 40.0 Å². The van der Waals surface area contributed by atoms with Crippen molar-refractivity contribution in [1.82, 2.24) is 40.4 Å². The van der Waals surface area contributed by atoms with E-state index < -0.39 is 30.0 Å². The van der Waals surface area contributed by atoms with Crippen molar-refractivity contribution in [3.63, 3.8) is 0 Å². The van der Waals surface area contributed by atoms with Crippen molar-refractivity contribution in [2.24, 2.45) is 5.41 Å². The molecule has 462 valence electrons. The highest BCUT2D eigenvalue weighted by Crippen LogP contribution is 2.38. The fourth-order valence-corrected chi connectivity index (χ4v) is 12.5. The van der Waals surface area contributed by atoms with Crippen LogP contribution in [0.1, 0.15) is 159 Å². The number of rotatable bonds is 29. The quantitative estimate of drug-likeness (QED) is 0.0278. The molecule has 0 unspecified atom stereocenters. The number of aliphatic hydroxyl groups is 1. The molecule has 0 radical (unpaired) electrons. The molecule has 2 aliphatic rings. The first-order chi connectivity index (χ1) is 41.1. The summed E-state index contributed by atoms with van der Waals surface area (Å²) in [5.41, 5.74) is 15.1. The van der Waals surface area contributed by atoms with Gasteiger partial charge in [-0.1, -0.05) is 127 Å². The molecule has 5 heterocycles. The number of nitrogen functional groups attached to an aromatic ring is 1. The van der Waals surface area contributed by atoms with E-state index in [1.54, 1.807) is 22.3 Å². The van der Waals surface area contributed by atoms with E-state index in [2.05, 4.69) is 35.6 Å². The number of alkyl halides is 3. The number of nitrogens with two attached hydrogens (primary N) is 1. The SMILES string of the molecule is Cc1ncsc1-c1ccc([C@H](C)NC(=O)[C@@H]2C[C@@H](O)CN2C(=O)[C@@H](NC(=O)CCCCCCCCCCCCCCC(=O)NCCCn2cc(-c3ccc4c(c3)CCN4C(=O)Cc3cccc(OC(F)(F)F)c3)c3c(N)ncnc32)C(C)(C)C)cc1. The predicted molar refractivity (Wildman–Crippen MR) is 329 cm³/mol. The maximum atomic E-state index is 14.1. The lowest BCUT2D eigenvalue weighted by atomic mass is 9.85. The van der Waals surface area contributed by atoms with E-state index in [-0.39, 0.29) is 60.7 Å².